The molecule has 2 aliphatic carbocycles. The summed E-state index contributed by atoms with van der Waals surface area (Å²) in [5, 5.41) is 3.26. The maximum atomic E-state index is 13.3. The van der Waals surface area contributed by atoms with E-state index in [-0.39, 0.29) is 36.3 Å². The Morgan fingerprint density at radius 1 is 1.00 bits per heavy atom. The summed E-state index contributed by atoms with van der Waals surface area (Å²) in [6, 6.07) is 19.1. The fraction of sp³-hybridized carbons (Fsp3) is 0.517. The van der Waals surface area contributed by atoms with Crippen LogP contribution in [0.15, 0.2) is 54.6 Å². The average molecular weight is 463 g/mol. The highest BCUT2D eigenvalue weighted by atomic mass is 16.5. The lowest BCUT2D eigenvalue weighted by Crippen LogP contribution is -2.37. The summed E-state index contributed by atoms with van der Waals surface area (Å²) in [6.07, 6.45) is 6.39. The van der Waals surface area contributed by atoms with Gasteiger partial charge in [0, 0.05) is 25.1 Å². The van der Waals surface area contributed by atoms with Gasteiger partial charge >= 0.3 is 0 Å². The summed E-state index contributed by atoms with van der Waals surface area (Å²) in [6.45, 7) is 5.30. The molecule has 0 radical (unpaired) electrons. The van der Waals surface area contributed by atoms with Gasteiger partial charge in [0.2, 0.25) is 11.8 Å². The van der Waals surface area contributed by atoms with Crippen LogP contribution in [0.1, 0.15) is 81.0 Å². The van der Waals surface area contributed by atoms with Crippen molar-refractivity contribution in [2.24, 2.45) is 5.92 Å². The first-order valence-corrected chi connectivity index (χ1v) is 12.9. The topological polar surface area (TPSA) is 58.6 Å². The second kappa shape index (κ2) is 11.7. The second-order valence-electron chi connectivity index (χ2n) is 9.77. The Hall–Kier alpha value is -2.66. The molecule has 0 aliphatic heterocycles. The van der Waals surface area contributed by atoms with Crippen LogP contribution in [0.25, 0.3) is 0 Å². The molecular formula is C29H38N2O3. The number of hydrogen-bond donors (Lipinski definition) is 1. The van der Waals surface area contributed by atoms with E-state index in [1.165, 1.54) is 5.56 Å². The molecule has 2 aromatic carbocycles. The SMILES string of the molecule is CCOCC(=O)N(Cc1ccc([C@H]2CCCC[C@@H]2C(=O)N[C@@H](C)c2ccccc2)cc1)C1CC1. The van der Waals surface area contributed by atoms with E-state index in [2.05, 4.69) is 48.6 Å². The summed E-state index contributed by atoms with van der Waals surface area (Å²) in [5.41, 5.74) is 3.50. The Balaban J connectivity index is 1.40. The van der Waals surface area contributed by atoms with Crippen LogP contribution in [-0.2, 0) is 20.9 Å². The fourth-order valence-electron chi connectivity index (χ4n) is 5.14. The number of ether oxygens (including phenoxy) is 1. The third-order valence-electron chi connectivity index (χ3n) is 7.26. The monoisotopic (exact) mass is 462 g/mol. The number of nitrogens with zero attached hydrogens (tertiary/aromatic N) is 1. The van der Waals surface area contributed by atoms with Crippen molar-refractivity contribution in [2.45, 2.75) is 76.9 Å². The molecule has 182 valence electrons. The van der Waals surface area contributed by atoms with Crippen molar-refractivity contribution in [1.29, 1.82) is 0 Å². The van der Waals surface area contributed by atoms with Crippen LogP contribution in [0.4, 0.5) is 0 Å². The lowest BCUT2D eigenvalue weighted by atomic mass is 9.74. The smallest absolute Gasteiger partial charge is 0.249 e. The Kier molecular flexibility index (Phi) is 8.39. The zero-order valence-corrected chi connectivity index (χ0v) is 20.5. The summed E-state index contributed by atoms with van der Waals surface area (Å²) >= 11 is 0. The zero-order chi connectivity index (χ0) is 23.9. The van der Waals surface area contributed by atoms with Gasteiger partial charge in [-0.25, -0.2) is 0 Å². The molecular weight excluding hydrogens is 424 g/mol. The Labute approximate surface area is 203 Å². The number of nitrogens with one attached hydrogen (secondary N) is 1. The van der Waals surface area contributed by atoms with Gasteiger partial charge in [-0.15, -0.1) is 0 Å². The summed E-state index contributed by atoms with van der Waals surface area (Å²) in [5.74, 6) is 0.475. The van der Waals surface area contributed by atoms with Gasteiger partial charge in [0.1, 0.15) is 6.61 Å². The van der Waals surface area contributed by atoms with E-state index in [0.29, 0.717) is 19.2 Å². The van der Waals surface area contributed by atoms with Gasteiger partial charge in [0.05, 0.1) is 6.04 Å². The van der Waals surface area contributed by atoms with E-state index in [4.69, 9.17) is 4.74 Å². The van der Waals surface area contributed by atoms with Crippen molar-refractivity contribution in [3.8, 4) is 0 Å². The Morgan fingerprint density at radius 3 is 2.38 bits per heavy atom. The fourth-order valence-corrected chi connectivity index (χ4v) is 5.14. The highest BCUT2D eigenvalue weighted by Gasteiger charge is 2.34. The molecule has 2 aromatic rings. The lowest BCUT2D eigenvalue weighted by molar-refractivity contribution is -0.137. The van der Waals surface area contributed by atoms with Crippen LogP contribution in [0, 0.1) is 5.92 Å². The molecule has 2 aliphatic rings. The summed E-state index contributed by atoms with van der Waals surface area (Å²) < 4.78 is 5.35. The molecule has 0 spiro atoms. The van der Waals surface area contributed by atoms with E-state index in [9.17, 15) is 9.59 Å². The van der Waals surface area contributed by atoms with Gasteiger partial charge in [-0.1, -0.05) is 67.4 Å². The number of amides is 2. The molecule has 5 heteroatoms. The van der Waals surface area contributed by atoms with Crippen LogP contribution in [0.3, 0.4) is 0 Å². The predicted molar refractivity (Wildman–Crippen MR) is 134 cm³/mol. The van der Waals surface area contributed by atoms with Gasteiger partial charge < -0.3 is 15.0 Å². The van der Waals surface area contributed by atoms with Crippen LogP contribution in [0.5, 0.6) is 0 Å². The Morgan fingerprint density at radius 2 is 1.71 bits per heavy atom. The molecule has 1 N–H and O–H groups in total. The summed E-state index contributed by atoms with van der Waals surface area (Å²) in [4.78, 5) is 27.8. The molecule has 34 heavy (non-hydrogen) atoms. The minimum absolute atomic E-state index is 0.00119. The normalized spacial score (nSPS) is 21.0. The van der Waals surface area contributed by atoms with Gasteiger partial charge in [-0.05, 0) is 62.1 Å². The van der Waals surface area contributed by atoms with E-state index < -0.39 is 0 Å². The van der Waals surface area contributed by atoms with Crippen LogP contribution < -0.4 is 5.32 Å². The lowest BCUT2D eigenvalue weighted by Gasteiger charge is -2.32. The van der Waals surface area contributed by atoms with Gasteiger partial charge in [-0.3, -0.25) is 9.59 Å². The minimum Gasteiger partial charge on any atom is -0.372 e. The quantitative estimate of drug-likeness (QED) is 0.517. The number of benzene rings is 2. The predicted octanol–water partition coefficient (Wildman–Crippen LogP) is 5.37. The molecule has 0 bridgehead atoms. The number of carbonyl (C=O) groups is 2. The number of hydrogen-bond acceptors (Lipinski definition) is 3. The largest absolute Gasteiger partial charge is 0.372 e. The number of rotatable bonds is 10. The zero-order valence-electron chi connectivity index (χ0n) is 20.5. The standard InChI is InChI=1S/C29H38N2O3/c1-3-34-20-28(32)31(25-17-18-25)19-22-13-15-24(16-14-22)26-11-7-8-12-27(26)29(33)30-21(2)23-9-5-4-6-10-23/h4-6,9-10,13-16,21,25-27H,3,7-8,11-12,17-20H2,1-2H3,(H,30,33)/t21-,26+,27-/m0/s1. The Bertz CT molecular complexity index is 940. The molecule has 4 rings (SSSR count). The van der Waals surface area contributed by atoms with Crippen molar-refractivity contribution in [2.75, 3.05) is 13.2 Å². The molecule has 0 unspecified atom stereocenters. The van der Waals surface area contributed by atoms with Crippen molar-refractivity contribution >= 4 is 11.8 Å². The highest BCUT2D eigenvalue weighted by Crippen LogP contribution is 2.38. The van der Waals surface area contributed by atoms with E-state index in [0.717, 1.165) is 49.7 Å². The molecule has 0 heterocycles. The van der Waals surface area contributed by atoms with Crippen LogP contribution >= 0.6 is 0 Å². The second-order valence-corrected chi connectivity index (χ2v) is 9.77. The van der Waals surface area contributed by atoms with Crippen LogP contribution in [0.2, 0.25) is 0 Å². The van der Waals surface area contributed by atoms with E-state index in [1.807, 2.05) is 30.0 Å². The minimum atomic E-state index is 0.00119. The average Bonchev–Trinajstić information content (AvgIpc) is 3.72. The highest BCUT2D eigenvalue weighted by molar-refractivity contribution is 5.80. The van der Waals surface area contributed by atoms with Crippen molar-refractivity contribution in [3.05, 3.63) is 71.3 Å². The van der Waals surface area contributed by atoms with E-state index in [1.54, 1.807) is 0 Å². The molecule has 0 aromatic heterocycles. The van der Waals surface area contributed by atoms with Crippen molar-refractivity contribution < 1.29 is 14.3 Å². The molecule has 2 amide bonds. The maximum Gasteiger partial charge on any atom is 0.249 e. The molecule has 2 saturated carbocycles. The summed E-state index contributed by atoms with van der Waals surface area (Å²) in [7, 11) is 0. The molecule has 3 atom stereocenters. The first kappa shape index (κ1) is 24.5. The maximum absolute atomic E-state index is 13.3. The van der Waals surface area contributed by atoms with E-state index >= 15 is 0 Å². The van der Waals surface area contributed by atoms with Gasteiger partial charge in [0.25, 0.3) is 0 Å². The van der Waals surface area contributed by atoms with Crippen LogP contribution in [-0.4, -0.2) is 36.0 Å². The van der Waals surface area contributed by atoms with Crippen molar-refractivity contribution in [1.82, 2.24) is 10.2 Å². The first-order chi connectivity index (χ1) is 16.6. The van der Waals surface area contributed by atoms with Gasteiger partial charge in [0.15, 0.2) is 0 Å². The third-order valence-corrected chi connectivity index (χ3v) is 7.26. The first-order valence-electron chi connectivity index (χ1n) is 12.9. The molecule has 5 nitrogen and oxygen atoms in total. The molecule has 2 fully saturated rings. The molecule has 0 saturated heterocycles. The third kappa shape index (κ3) is 6.26. The van der Waals surface area contributed by atoms with Gasteiger partial charge in [-0.2, -0.15) is 0 Å². The van der Waals surface area contributed by atoms with Crippen molar-refractivity contribution in [3.63, 3.8) is 0 Å². The number of carbonyl (C=O) groups excluding carboxylic acids is 2.